The molecule has 0 atom stereocenters. The van der Waals surface area contributed by atoms with E-state index in [1.807, 2.05) is 54.6 Å². The van der Waals surface area contributed by atoms with Gasteiger partial charge < -0.3 is 9.57 Å². The number of hydrogen-bond acceptors (Lipinski definition) is 4. The molecule has 0 fully saturated rings. The second kappa shape index (κ2) is 9.99. The van der Waals surface area contributed by atoms with Gasteiger partial charge in [0.25, 0.3) is 0 Å². The Bertz CT molecular complexity index is 847. The molecule has 0 aromatic heterocycles. The lowest BCUT2D eigenvalue weighted by Gasteiger charge is -2.27. The van der Waals surface area contributed by atoms with Crippen LogP contribution in [0.5, 0.6) is 0 Å². The van der Waals surface area contributed by atoms with Crippen LogP contribution in [-0.4, -0.2) is 31.6 Å². The topological polar surface area (TPSA) is 47.9 Å². The first-order valence-electron chi connectivity index (χ1n) is 9.54. The van der Waals surface area contributed by atoms with Gasteiger partial charge in [-0.1, -0.05) is 59.8 Å². The lowest BCUT2D eigenvalue weighted by molar-refractivity contribution is -0.135. The fraction of sp³-hybridized carbons (Fsp3) is 0.167. The molecule has 0 aliphatic heterocycles. The minimum absolute atomic E-state index is 0.287. The Kier molecular flexibility index (Phi) is 7.15. The standard InChI is InChI=1S/C24H25NO3P/c1-3-28-24(26)23(25-27-2)19-29(20-13-7-4-8-14-20,21-15-9-5-10-16-21)22-17-11-6-12-18-22/h4-18H,3,19H2,1-2H3/q+1. The van der Waals surface area contributed by atoms with E-state index in [0.717, 1.165) is 0 Å². The van der Waals surface area contributed by atoms with Gasteiger partial charge in [0.1, 0.15) is 36.4 Å². The van der Waals surface area contributed by atoms with E-state index in [2.05, 4.69) is 41.6 Å². The number of carbonyl (C=O) groups excluding carboxylic acids is 1. The zero-order chi connectivity index (χ0) is 20.5. The van der Waals surface area contributed by atoms with Crippen molar-refractivity contribution in [3.63, 3.8) is 0 Å². The van der Waals surface area contributed by atoms with Crippen molar-refractivity contribution in [1.29, 1.82) is 0 Å². The number of benzene rings is 3. The zero-order valence-electron chi connectivity index (χ0n) is 16.7. The number of hydrogen-bond donors (Lipinski definition) is 0. The second-order valence-electron chi connectivity index (χ2n) is 6.42. The first-order valence-corrected chi connectivity index (χ1v) is 11.5. The van der Waals surface area contributed by atoms with E-state index in [9.17, 15) is 4.79 Å². The van der Waals surface area contributed by atoms with Crippen molar-refractivity contribution in [2.75, 3.05) is 19.9 Å². The molecule has 0 amide bonds. The maximum Gasteiger partial charge on any atom is 0.360 e. The van der Waals surface area contributed by atoms with E-state index >= 15 is 0 Å². The summed E-state index contributed by atoms with van der Waals surface area (Å²) in [6, 6.07) is 31.0. The average Bonchev–Trinajstić information content (AvgIpc) is 2.79. The van der Waals surface area contributed by atoms with Crippen molar-refractivity contribution >= 4 is 34.9 Å². The van der Waals surface area contributed by atoms with Crippen LogP contribution >= 0.6 is 7.26 Å². The third-order valence-corrected chi connectivity index (χ3v) is 9.00. The number of carbonyl (C=O) groups is 1. The van der Waals surface area contributed by atoms with E-state index in [1.165, 1.54) is 23.0 Å². The van der Waals surface area contributed by atoms with Crippen LogP contribution in [-0.2, 0) is 14.4 Å². The second-order valence-corrected chi connectivity index (χ2v) is 9.90. The van der Waals surface area contributed by atoms with E-state index in [0.29, 0.717) is 11.9 Å². The zero-order valence-corrected chi connectivity index (χ0v) is 17.6. The van der Waals surface area contributed by atoms with E-state index in [4.69, 9.17) is 9.57 Å². The predicted octanol–water partition coefficient (Wildman–Crippen LogP) is 3.55. The van der Waals surface area contributed by atoms with Crippen LogP contribution < -0.4 is 15.9 Å². The van der Waals surface area contributed by atoms with Crippen LogP contribution in [0.3, 0.4) is 0 Å². The number of nitrogens with zero attached hydrogens (tertiary/aromatic N) is 1. The van der Waals surface area contributed by atoms with Crippen LogP contribution in [0.1, 0.15) is 6.92 Å². The van der Waals surface area contributed by atoms with E-state index < -0.39 is 13.2 Å². The molecule has 3 aromatic rings. The molecule has 0 aliphatic carbocycles. The first kappa shape index (κ1) is 20.8. The number of ether oxygens (including phenoxy) is 1. The van der Waals surface area contributed by atoms with Gasteiger partial charge in [0, 0.05) is 0 Å². The van der Waals surface area contributed by atoms with Gasteiger partial charge in [-0.05, 0) is 43.3 Å². The first-order chi connectivity index (χ1) is 14.2. The maximum absolute atomic E-state index is 12.7. The summed E-state index contributed by atoms with van der Waals surface area (Å²) < 4.78 is 5.28. The summed E-state index contributed by atoms with van der Waals surface area (Å²) in [4.78, 5) is 17.7. The number of rotatable bonds is 8. The van der Waals surface area contributed by atoms with Gasteiger partial charge in [-0.3, -0.25) is 0 Å². The molecule has 0 N–H and O–H groups in total. The third-order valence-electron chi connectivity index (χ3n) is 4.69. The van der Waals surface area contributed by atoms with Gasteiger partial charge in [0.15, 0.2) is 0 Å². The minimum atomic E-state index is -2.23. The lowest BCUT2D eigenvalue weighted by atomic mass is 10.3. The summed E-state index contributed by atoms with van der Waals surface area (Å²) in [5.74, 6) is -0.443. The Morgan fingerprint density at radius 2 is 1.21 bits per heavy atom. The summed E-state index contributed by atoms with van der Waals surface area (Å²) in [6.45, 7) is 2.07. The van der Waals surface area contributed by atoms with Crippen LogP contribution in [0, 0.1) is 0 Å². The molecule has 0 aliphatic rings. The molecule has 0 saturated heterocycles. The Morgan fingerprint density at radius 1 is 0.793 bits per heavy atom. The lowest BCUT2D eigenvalue weighted by Crippen LogP contribution is -2.38. The van der Waals surface area contributed by atoms with Crippen LogP contribution in [0.25, 0.3) is 0 Å². The average molecular weight is 406 g/mol. The molecule has 3 aromatic carbocycles. The molecule has 0 radical (unpaired) electrons. The van der Waals surface area contributed by atoms with Gasteiger partial charge in [-0.25, -0.2) is 4.79 Å². The van der Waals surface area contributed by atoms with E-state index in [-0.39, 0.29) is 6.61 Å². The van der Waals surface area contributed by atoms with Crippen molar-refractivity contribution in [2.45, 2.75) is 6.92 Å². The molecular formula is C24H25NO3P+. The fourth-order valence-corrected chi connectivity index (χ4v) is 7.57. The van der Waals surface area contributed by atoms with Gasteiger partial charge in [0.05, 0.1) is 6.61 Å². The predicted molar refractivity (Wildman–Crippen MR) is 121 cm³/mol. The molecule has 4 nitrogen and oxygen atoms in total. The van der Waals surface area contributed by atoms with Crippen LogP contribution in [0.15, 0.2) is 96.2 Å². The molecule has 29 heavy (non-hydrogen) atoms. The van der Waals surface area contributed by atoms with Crippen LogP contribution in [0.2, 0.25) is 0 Å². The number of esters is 1. The monoisotopic (exact) mass is 406 g/mol. The molecule has 148 valence electrons. The molecule has 0 saturated carbocycles. The van der Waals surface area contributed by atoms with Crippen molar-refractivity contribution in [3.05, 3.63) is 91.0 Å². The van der Waals surface area contributed by atoms with Crippen molar-refractivity contribution < 1.29 is 14.4 Å². The summed E-state index contributed by atoms with van der Waals surface area (Å²) in [7, 11) is -0.777. The fourth-order valence-electron chi connectivity index (χ4n) is 3.45. The molecule has 0 spiro atoms. The van der Waals surface area contributed by atoms with Gasteiger partial charge >= 0.3 is 5.97 Å². The maximum atomic E-state index is 12.7. The molecule has 0 unspecified atom stereocenters. The quantitative estimate of drug-likeness (QED) is 0.249. The molecule has 0 bridgehead atoms. The van der Waals surface area contributed by atoms with Gasteiger partial charge in [0.2, 0.25) is 5.71 Å². The normalized spacial score (nSPS) is 11.7. The highest BCUT2D eigenvalue weighted by Gasteiger charge is 2.48. The molecule has 0 heterocycles. The minimum Gasteiger partial charge on any atom is -0.461 e. The molecular weight excluding hydrogens is 381 g/mol. The highest BCUT2D eigenvalue weighted by molar-refractivity contribution is 7.96. The highest BCUT2D eigenvalue weighted by Crippen LogP contribution is 2.55. The van der Waals surface area contributed by atoms with Gasteiger partial charge in [-0.2, -0.15) is 0 Å². The van der Waals surface area contributed by atoms with Gasteiger partial charge in [-0.15, -0.1) is 0 Å². The van der Waals surface area contributed by atoms with Crippen molar-refractivity contribution in [2.24, 2.45) is 5.16 Å². The smallest absolute Gasteiger partial charge is 0.360 e. The van der Waals surface area contributed by atoms with Crippen LogP contribution in [0.4, 0.5) is 0 Å². The summed E-state index contributed by atoms with van der Waals surface area (Å²) in [5.41, 5.74) is 0.291. The molecule has 5 heteroatoms. The summed E-state index contributed by atoms with van der Waals surface area (Å²) in [6.07, 6.45) is 0.414. The Labute approximate surface area is 172 Å². The SMILES string of the molecule is CCOC(=O)C(C[P+](c1ccccc1)(c1ccccc1)c1ccccc1)=NOC. The summed E-state index contributed by atoms with van der Waals surface area (Å²) in [5, 5.41) is 7.59. The molecule has 3 rings (SSSR count). The Balaban J connectivity index is 2.27. The van der Waals surface area contributed by atoms with E-state index in [1.54, 1.807) is 6.92 Å². The highest BCUT2D eigenvalue weighted by atomic mass is 31.2. The largest absolute Gasteiger partial charge is 0.461 e. The van der Waals surface area contributed by atoms with Crippen molar-refractivity contribution in [3.8, 4) is 0 Å². The number of oxime groups is 1. The Morgan fingerprint density at radius 3 is 1.55 bits per heavy atom. The third kappa shape index (κ3) is 4.55. The summed E-state index contributed by atoms with van der Waals surface area (Å²) >= 11 is 0. The van der Waals surface area contributed by atoms with Crippen molar-refractivity contribution in [1.82, 2.24) is 0 Å². The Hall–Kier alpha value is -2.97.